The molecule has 0 bridgehead atoms. The zero-order valence-electron chi connectivity index (χ0n) is 15.0. The van der Waals surface area contributed by atoms with E-state index in [-0.39, 0.29) is 12.0 Å². The Morgan fingerprint density at radius 2 is 1.85 bits per heavy atom. The first-order valence-corrected chi connectivity index (χ1v) is 9.22. The molecule has 6 nitrogen and oxygen atoms in total. The summed E-state index contributed by atoms with van der Waals surface area (Å²) in [4.78, 5) is 12.5. The van der Waals surface area contributed by atoms with Gasteiger partial charge in [-0.15, -0.1) is 5.10 Å². The van der Waals surface area contributed by atoms with Crippen molar-refractivity contribution in [2.24, 2.45) is 0 Å². The molecule has 1 atom stereocenters. The van der Waals surface area contributed by atoms with Crippen LogP contribution in [0.15, 0.2) is 60.7 Å². The number of nitrogens with one attached hydrogen (secondary N) is 1. The van der Waals surface area contributed by atoms with E-state index < -0.39 is 0 Å². The van der Waals surface area contributed by atoms with Crippen LogP contribution in [0.5, 0.6) is 0 Å². The van der Waals surface area contributed by atoms with Crippen molar-refractivity contribution in [3.63, 3.8) is 0 Å². The van der Waals surface area contributed by atoms with E-state index in [1.807, 2.05) is 48.5 Å². The molecule has 1 aliphatic heterocycles. The van der Waals surface area contributed by atoms with E-state index in [1.165, 1.54) is 5.56 Å². The summed E-state index contributed by atoms with van der Waals surface area (Å²) in [7, 11) is 0. The van der Waals surface area contributed by atoms with Crippen molar-refractivity contribution in [2.75, 3.05) is 6.54 Å². The number of aryl methyl sites for hydroxylation is 1. The Morgan fingerprint density at radius 1 is 1.11 bits per heavy atom. The lowest BCUT2D eigenvalue weighted by Crippen LogP contribution is -2.28. The maximum absolute atomic E-state index is 12.5. The SMILES string of the molecule is O=C(NCCCc1ccccc1)c1nnn2c1CO[C@H](c1ccccc1)C2. The number of benzene rings is 2. The van der Waals surface area contributed by atoms with Crippen molar-refractivity contribution in [3.8, 4) is 0 Å². The molecule has 0 radical (unpaired) electrons. The zero-order chi connectivity index (χ0) is 18.5. The predicted molar refractivity (Wildman–Crippen MR) is 101 cm³/mol. The third-order valence-corrected chi connectivity index (χ3v) is 4.75. The van der Waals surface area contributed by atoms with Crippen molar-refractivity contribution in [3.05, 3.63) is 83.2 Å². The molecule has 0 unspecified atom stereocenters. The van der Waals surface area contributed by atoms with Crippen LogP contribution in [0.1, 0.15) is 39.8 Å². The number of carbonyl (C=O) groups is 1. The van der Waals surface area contributed by atoms with Crippen LogP contribution in [0.25, 0.3) is 0 Å². The Morgan fingerprint density at radius 3 is 2.63 bits per heavy atom. The quantitative estimate of drug-likeness (QED) is 0.685. The Balaban J connectivity index is 1.33. The van der Waals surface area contributed by atoms with Gasteiger partial charge in [-0.3, -0.25) is 4.79 Å². The lowest BCUT2D eigenvalue weighted by atomic mass is 10.1. The molecule has 1 N–H and O–H groups in total. The molecule has 1 aliphatic rings. The van der Waals surface area contributed by atoms with Gasteiger partial charge in [-0.2, -0.15) is 0 Å². The van der Waals surface area contributed by atoms with Crippen molar-refractivity contribution in [1.29, 1.82) is 0 Å². The molecule has 138 valence electrons. The van der Waals surface area contributed by atoms with Gasteiger partial charge in [-0.25, -0.2) is 4.68 Å². The number of nitrogens with zero attached hydrogens (tertiary/aromatic N) is 3. The summed E-state index contributed by atoms with van der Waals surface area (Å²) < 4.78 is 7.72. The van der Waals surface area contributed by atoms with Gasteiger partial charge in [-0.05, 0) is 24.0 Å². The molecule has 3 aromatic rings. The molecular formula is C21H22N4O2. The molecule has 1 amide bonds. The number of aromatic nitrogens is 3. The van der Waals surface area contributed by atoms with Crippen LogP contribution in [0.2, 0.25) is 0 Å². The van der Waals surface area contributed by atoms with Crippen LogP contribution < -0.4 is 5.32 Å². The monoisotopic (exact) mass is 362 g/mol. The molecule has 6 heteroatoms. The Hall–Kier alpha value is -2.99. The Bertz CT molecular complexity index is 893. The van der Waals surface area contributed by atoms with E-state index >= 15 is 0 Å². The molecule has 0 spiro atoms. The summed E-state index contributed by atoms with van der Waals surface area (Å²) in [6.07, 6.45) is 1.75. The van der Waals surface area contributed by atoms with Crippen molar-refractivity contribution < 1.29 is 9.53 Å². The van der Waals surface area contributed by atoms with E-state index in [4.69, 9.17) is 4.74 Å². The van der Waals surface area contributed by atoms with Crippen molar-refractivity contribution >= 4 is 5.91 Å². The van der Waals surface area contributed by atoms with Crippen LogP contribution in [0.4, 0.5) is 0 Å². The molecule has 0 aliphatic carbocycles. The predicted octanol–water partition coefficient (Wildman–Crippen LogP) is 2.91. The van der Waals surface area contributed by atoms with Crippen molar-refractivity contribution in [1.82, 2.24) is 20.3 Å². The number of hydrogen-bond acceptors (Lipinski definition) is 4. The fourth-order valence-corrected chi connectivity index (χ4v) is 3.28. The number of carbonyl (C=O) groups excluding carboxylic acids is 1. The van der Waals surface area contributed by atoms with E-state index in [2.05, 4.69) is 27.8 Å². The average Bonchev–Trinajstić information content (AvgIpc) is 3.16. The summed E-state index contributed by atoms with van der Waals surface area (Å²) in [6, 6.07) is 20.3. The normalized spacial score (nSPS) is 15.9. The van der Waals surface area contributed by atoms with Gasteiger partial charge in [0.2, 0.25) is 0 Å². The first-order chi connectivity index (χ1) is 13.3. The fourth-order valence-electron chi connectivity index (χ4n) is 3.28. The van der Waals surface area contributed by atoms with Gasteiger partial charge in [0.1, 0.15) is 6.10 Å². The summed E-state index contributed by atoms with van der Waals surface area (Å²) in [6.45, 7) is 1.50. The largest absolute Gasteiger partial charge is 0.365 e. The number of fused-ring (bicyclic) bond motifs is 1. The third-order valence-electron chi connectivity index (χ3n) is 4.75. The molecule has 0 saturated heterocycles. The second-order valence-corrected chi connectivity index (χ2v) is 6.62. The number of ether oxygens (including phenoxy) is 1. The zero-order valence-corrected chi connectivity index (χ0v) is 15.0. The van der Waals surface area contributed by atoms with E-state index in [1.54, 1.807) is 4.68 Å². The van der Waals surface area contributed by atoms with Crippen LogP contribution in [-0.4, -0.2) is 27.4 Å². The molecular weight excluding hydrogens is 340 g/mol. The van der Waals surface area contributed by atoms with Gasteiger partial charge in [0, 0.05) is 6.54 Å². The molecule has 0 fully saturated rings. The molecule has 27 heavy (non-hydrogen) atoms. The second-order valence-electron chi connectivity index (χ2n) is 6.62. The van der Waals surface area contributed by atoms with Crippen molar-refractivity contribution in [2.45, 2.75) is 32.1 Å². The summed E-state index contributed by atoms with van der Waals surface area (Å²) in [5.74, 6) is -0.189. The minimum Gasteiger partial charge on any atom is -0.365 e. The fraction of sp³-hybridized carbons (Fsp3) is 0.286. The van der Waals surface area contributed by atoms with Crippen LogP contribution in [0.3, 0.4) is 0 Å². The average molecular weight is 362 g/mol. The first-order valence-electron chi connectivity index (χ1n) is 9.22. The van der Waals surface area contributed by atoms with Gasteiger partial charge in [0.15, 0.2) is 5.69 Å². The highest BCUT2D eigenvalue weighted by Gasteiger charge is 2.27. The van der Waals surface area contributed by atoms with Gasteiger partial charge in [0.25, 0.3) is 5.91 Å². The van der Waals surface area contributed by atoms with E-state index in [0.717, 1.165) is 24.1 Å². The molecule has 2 aromatic carbocycles. The summed E-state index contributed by atoms with van der Waals surface area (Å²) >= 11 is 0. The maximum Gasteiger partial charge on any atom is 0.273 e. The lowest BCUT2D eigenvalue weighted by molar-refractivity contribution is -0.00176. The smallest absolute Gasteiger partial charge is 0.273 e. The highest BCUT2D eigenvalue weighted by atomic mass is 16.5. The Kier molecular flexibility index (Phi) is 5.25. The highest BCUT2D eigenvalue weighted by molar-refractivity contribution is 5.93. The van der Waals surface area contributed by atoms with Gasteiger partial charge >= 0.3 is 0 Å². The van der Waals surface area contributed by atoms with Gasteiger partial charge in [0.05, 0.1) is 18.8 Å². The van der Waals surface area contributed by atoms with E-state index in [9.17, 15) is 4.79 Å². The minimum atomic E-state index is -0.189. The first kappa shape index (κ1) is 17.4. The maximum atomic E-state index is 12.5. The number of rotatable bonds is 6. The second kappa shape index (κ2) is 8.14. The third kappa shape index (κ3) is 4.06. The molecule has 0 saturated carbocycles. The topological polar surface area (TPSA) is 69.0 Å². The Labute approximate surface area is 158 Å². The number of hydrogen-bond donors (Lipinski definition) is 1. The van der Waals surface area contributed by atoms with Gasteiger partial charge < -0.3 is 10.1 Å². The molecule has 4 rings (SSSR count). The van der Waals surface area contributed by atoms with Crippen LogP contribution in [-0.2, 0) is 24.3 Å². The molecule has 2 heterocycles. The standard InChI is InChI=1S/C21H22N4O2/c26-21(22-13-7-10-16-8-3-1-4-9-16)20-18-15-27-19(14-25(18)24-23-20)17-11-5-2-6-12-17/h1-6,8-9,11-12,19H,7,10,13-15H2,(H,22,26)/t19-/m0/s1. The molecule has 1 aromatic heterocycles. The lowest BCUT2D eigenvalue weighted by Gasteiger charge is -2.24. The van der Waals surface area contributed by atoms with Gasteiger partial charge in [-0.1, -0.05) is 65.9 Å². The highest BCUT2D eigenvalue weighted by Crippen LogP contribution is 2.26. The summed E-state index contributed by atoms with van der Waals surface area (Å²) in [5, 5.41) is 11.2. The van der Waals surface area contributed by atoms with Crippen LogP contribution in [0, 0.1) is 0 Å². The van der Waals surface area contributed by atoms with Crippen LogP contribution >= 0.6 is 0 Å². The van der Waals surface area contributed by atoms with E-state index in [0.29, 0.717) is 25.4 Å². The summed E-state index contributed by atoms with van der Waals surface area (Å²) in [5.41, 5.74) is 3.47. The minimum absolute atomic E-state index is 0.0674. The number of amides is 1.